The summed E-state index contributed by atoms with van der Waals surface area (Å²) in [5.74, 6) is -4.61. The molecule has 1 fully saturated rings. The van der Waals surface area contributed by atoms with E-state index in [-0.39, 0.29) is 18.5 Å². The van der Waals surface area contributed by atoms with Crippen LogP contribution in [0.4, 0.5) is 14.5 Å². The molecule has 1 aliphatic heterocycles. The van der Waals surface area contributed by atoms with Crippen molar-refractivity contribution in [2.24, 2.45) is 5.92 Å². The van der Waals surface area contributed by atoms with Gasteiger partial charge < -0.3 is 15.3 Å². The number of hydrogen-bond acceptors (Lipinski definition) is 3. The molecule has 2 aromatic rings. The van der Waals surface area contributed by atoms with Gasteiger partial charge in [-0.05, 0) is 55.3 Å². The third kappa shape index (κ3) is 3.58. The van der Waals surface area contributed by atoms with Crippen LogP contribution in [0.5, 0.6) is 0 Å². The van der Waals surface area contributed by atoms with Gasteiger partial charge in [0.2, 0.25) is 11.8 Å². The van der Waals surface area contributed by atoms with Gasteiger partial charge in [0.15, 0.2) is 5.54 Å². The molecule has 2 atom stereocenters. The summed E-state index contributed by atoms with van der Waals surface area (Å²) in [4.78, 5) is 38.5. The van der Waals surface area contributed by atoms with E-state index < -0.39 is 40.9 Å². The lowest BCUT2D eigenvalue weighted by atomic mass is 9.91. The fourth-order valence-electron chi connectivity index (χ4n) is 3.17. The molecule has 2 unspecified atom stereocenters. The lowest BCUT2D eigenvalue weighted by Crippen LogP contribution is -2.52. The number of hydrogen-bond donors (Lipinski definition) is 2. The van der Waals surface area contributed by atoms with Gasteiger partial charge in [-0.25, -0.2) is 13.6 Å². The van der Waals surface area contributed by atoms with Crippen LogP contribution in [0, 0.1) is 17.6 Å². The molecule has 146 valence electrons. The number of carbonyl (C=O) groups is 3. The molecule has 28 heavy (non-hydrogen) atoms. The maximum atomic E-state index is 13.2. The molecule has 1 saturated heterocycles. The first-order chi connectivity index (χ1) is 13.2. The first kappa shape index (κ1) is 19.5. The van der Waals surface area contributed by atoms with Crippen LogP contribution in [0.3, 0.4) is 0 Å². The first-order valence-corrected chi connectivity index (χ1v) is 8.61. The zero-order valence-corrected chi connectivity index (χ0v) is 15.0. The van der Waals surface area contributed by atoms with Crippen molar-refractivity contribution >= 4 is 23.5 Å². The quantitative estimate of drug-likeness (QED) is 0.771. The summed E-state index contributed by atoms with van der Waals surface area (Å²) in [6, 6.07) is 10.0. The number of halogens is 2. The van der Waals surface area contributed by atoms with Crippen LogP contribution in [0.25, 0.3) is 0 Å². The average Bonchev–Trinajstić information content (AvgIpc) is 3.04. The second-order valence-electron chi connectivity index (χ2n) is 6.73. The molecular formula is C20H18F2N2O4. The van der Waals surface area contributed by atoms with Crippen LogP contribution in [0.2, 0.25) is 0 Å². The number of carbonyl (C=O) groups excluding carboxylic acids is 2. The van der Waals surface area contributed by atoms with E-state index in [0.29, 0.717) is 5.69 Å². The number of carboxylic acids is 1. The Labute approximate surface area is 159 Å². The van der Waals surface area contributed by atoms with E-state index in [1.54, 1.807) is 0 Å². The minimum atomic E-state index is -1.83. The maximum Gasteiger partial charge on any atom is 0.333 e. The largest absolute Gasteiger partial charge is 0.479 e. The van der Waals surface area contributed by atoms with E-state index in [0.717, 1.165) is 12.1 Å². The average molecular weight is 388 g/mol. The Morgan fingerprint density at radius 2 is 1.61 bits per heavy atom. The van der Waals surface area contributed by atoms with E-state index >= 15 is 0 Å². The van der Waals surface area contributed by atoms with Gasteiger partial charge in [-0.2, -0.15) is 0 Å². The third-order valence-corrected chi connectivity index (χ3v) is 4.88. The Balaban J connectivity index is 1.79. The highest BCUT2D eigenvalue weighted by atomic mass is 19.1. The predicted molar refractivity (Wildman–Crippen MR) is 96.4 cm³/mol. The first-order valence-electron chi connectivity index (χ1n) is 8.61. The molecule has 0 bridgehead atoms. The zero-order valence-electron chi connectivity index (χ0n) is 15.0. The minimum Gasteiger partial charge on any atom is -0.479 e. The Morgan fingerprint density at radius 1 is 1.07 bits per heavy atom. The van der Waals surface area contributed by atoms with Gasteiger partial charge in [0.1, 0.15) is 17.6 Å². The Bertz CT molecular complexity index is 915. The van der Waals surface area contributed by atoms with Gasteiger partial charge in [0, 0.05) is 12.2 Å². The van der Waals surface area contributed by atoms with E-state index in [1.165, 1.54) is 48.2 Å². The van der Waals surface area contributed by atoms with Crippen LogP contribution in [-0.4, -0.2) is 29.4 Å². The van der Waals surface area contributed by atoms with Crippen LogP contribution in [-0.2, 0) is 19.9 Å². The smallest absolute Gasteiger partial charge is 0.333 e. The van der Waals surface area contributed by atoms with Crippen molar-refractivity contribution in [1.29, 1.82) is 0 Å². The van der Waals surface area contributed by atoms with Crippen molar-refractivity contribution < 1.29 is 28.3 Å². The molecule has 8 heteroatoms. The second kappa shape index (κ2) is 7.38. The summed E-state index contributed by atoms with van der Waals surface area (Å²) in [6.07, 6.45) is 0.196. The topological polar surface area (TPSA) is 86.7 Å². The number of rotatable bonds is 5. The van der Waals surface area contributed by atoms with E-state index in [9.17, 15) is 28.3 Å². The highest BCUT2D eigenvalue weighted by Crippen LogP contribution is 2.28. The second-order valence-corrected chi connectivity index (χ2v) is 6.73. The van der Waals surface area contributed by atoms with Gasteiger partial charge >= 0.3 is 5.97 Å². The molecule has 0 aromatic heterocycles. The van der Waals surface area contributed by atoms with Crippen molar-refractivity contribution in [3.8, 4) is 0 Å². The number of aliphatic carboxylic acids is 1. The normalized spacial score (nSPS) is 18.6. The Hall–Kier alpha value is -3.29. The van der Waals surface area contributed by atoms with Crippen LogP contribution in [0.15, 0.2) is 48.5 Å². The molecule has 2 N–H and O–H groups in total. The number of anilines is 1. The van der Waals surface area contributed by atoms with Gasteiger partial charge in [0.25, 0.3) is 0 Å². The van der Waals surface area contributed by atoms with Crippen molar-refractivity contribution in [3.63, 3.8) is 0 Å². The summed E-state index contributed by atoms with van der Waals surface area (Å²) >= 11 is 0. The lowest BCUT2D eigenvalue weighted by molar-refractivity contribution is -0.148. The summed E-state index contributed by atoms with van der Waals surface area (Å²) in [5.41, 5.74) is -1.19. The van der Waals surface area contributed by atoms with Crippen LogP contribution >= 0.6 is 0 Å². The molecule has 6 nitrogen and oxygen atoms in total. The number of amides is 2. The number of nitrogens with one attached hydrogen (secondary N) is 1. The summed E-state index contributed by atoms with van der Waals surface area (Å²) < 4.78 is 26.2. The monoisotopic (exact) mass is 388 g/mol. The maximum absolute atomic E-state index is 13.2. The van der Waals surface area contributed by atoms with Gasteiger partial charge in [-0.3, -0.25) is 9.59 Å². The standard InChI is InChI=1S/C20H18F2N2O4/c1-20(19(27)28,12-2-4-13(21)5-3-12)23-17(25)16-10-11-24(18(16)26)15-8-6-14(22)7-9-15/h2-9,16H,10-11H2,1H3,(H,23,25)(H,27,28). The lowest BCUT2D eigenvalue weighted by Gasteiger charge is -2.28. The molecule has 1 heterocycles. The minimum absolute atomic E-state index is 0.176. The molecule has 0 radical (unpaired) electrons. The third-order valence-electron chi connectivity index (χ3n) is 4.88. The summed E-state index contributed by atoms with van der Waals surface area (Å²) in [5, 5.41) is 12.0. The highest BCUT2D eigenvalue weighted by molar-refractivity contribution is 6.10. The fourth-order valence-corrected chi connectivity index (χ4v) is 3.17. The molecule has 0 aliphatic carbocycles. The van der Waals surface area contributed by atoms with E-state index in [2.05, 4.69) is 5.32 Å². The SMILES string of the molecule is CC(NC(=O)C1CCN(c2ccc(F)cc2)C1=O)(C(=O)O)c1ccc(F)cc1. The zero-order chi connectivity index (χ0) is 20.5. The molecule has 0 saturated carbocycles. The van der Waals surface area contributed by atoms with Gasteiger partial charge in [-0.1, -0.05) is 12.1 Å². The van der Waals surface area contributed by atoms with E-state index in [4.69, 9.17) is 0 Å². The number of nitrogens with zero attached hydrogens (tertiary/aromatic N) is 1. The summed E-state index contributed by atoms with van der Waals surface area (Å²) in [6.45, 7) is 1.53. The van der Waals surface area contributed by atoms with Crippen LogP contribution in [0.1, 0.15) is 18.9 Å². The number of benzene rings is 2. The highest BCUT2D eigenvalue weighted by Gasteiger charge is 2.43. The van der Waals surface area contributed by atoms with Crippen molar-refractivity contribution in [1.82, 2.24) is 5.32 Å². The van der Waals surface area contributed by atoms with Gasteiger partial charge in [0.05, 0.1) is 0 Å². The molecular weight excluding hydrogens is 370 g/mol. The van der Waals surface area contributed by atoms with Crippen LogP contribution < -0.4 is 10.2 Å². The summed E-state index contributed by atoms with van der Waals surface area (Å²) in [7, 11) is 0. The molecule has 2 amide bonds. The molecule has 1 aliphatic rings. The molecule has 3 rings (SSSR count). The predicted octanol–water partition coefficient (Wildman–Crippen LogP) is 2.43. The van der Waals surface area contributed by atoms with Crippen molar-refractivity contribution in [2.75, 3.05) is 11.4 Å². The fraction of sp³-hybridized carbons (Fsp3) is 0.250. The van der Waals surface area contributed by atoms with Gasteiger partial charge in [-0.15, -0.1) is 0 Å². The van der Waals surface area contributed by atoms with E-state index in [1.807, 2.05) is 0 Å². The Kier molecular flexibility index (Phi) is 5.13. The molecule has 2 aromatic carbocycles. The molecule has 0 spiro atoms. The number of carboxylic acid groups (broad SMARTS) is 1. The van der Waals surface area contributed by atoms with Crippen molar-refractivity contribution in [2.45, 2.75) is 18.9 Å². The Morgan fingerprint density at radius 3 is 2.14 bits per heavy atom. The van der Waals surface area contributed by atoms with Crippen molar-refractivity contribution in [3.05, 3.63) is 65.7 Å².